The molecule has 0 bridgehead atoms. The Bertz CT molecular complexity index is 317. The fourth-order valence-electron chi connectivity index (χ4n) is 2.20. The summed E-state index contributed by atoms with van der Waals surface area (Å²) in [5, 5.41) is 0. The summed E-state index contributed by atoms with van der Waals surface area (Å²) in [5.74, 6) is 0. The molecule has 0 heterocycles. The average Bonchev–Trinajstić information content (AvgIpc) is 2.41. The number of unbranched alkanes of at least 4 members (excludes halogenated alkanes) is 1. The minimum absolute atomic E-state index is 0.141. The highest BCUT2D eigenvalue weighted by Crippen LogP contribution is 2.21. The molecule has 0 aliphatic rings. The lowest BCUT2D eigenvalue weighted by Crippen LogP contribution is -2.21. The lowest BCUT2D eigenvalue weighted by Gasteiger charge is -2.21. The van der Waals surface area contributed by atoms with Gasteiger partial charge in [0.25, 0.3) is 0 Å². The van der Waals surface area contributed by atoms with Gasteiger partial charge in [0.1, 0.15) is 0 Å². The van der Waals surface area contributed by atoms with E-state index in [9.17, 15) is 0 Å². The second kappa shape index (κ2) is 8.11. The summed E-state index contributed by atoms with van der Waals surface area (Å²) in [4.78, 5) is 2.34. The van der Waals surface area contributed by atoms with Crippen LogP contribution in [0.1, 0.15) is 44.7 Å². The zero-order valence-electron chi connectivity index (χ0n) is 11.7. The number of hydrogen-bond acceptors (Lipinski definition) is 3. The molecule has 0 spiro atoms. The van der Waals surface area contributed by atoms with Gasteiger partial charge in [-0.15, -0.1) is 0 Å². The fourth-order valence-corrected chi connectivity index (χ4v) is 2.20. The first-order valence-corrected chi connectivity index (χ1v) is 7.03. The molecule has 0 amide bonds. The molecule has 1 rings (SSSR count). The van der Waals surface area contributed by atoms with Crippen LogP contribution in [0.4, 0.5) is 5.69 Å². The predicted molar refractivity (Wildman–Crippen MR) is 79.8 cm³/mol. The van der Waals surface area contributed by atoms with Gasteiger partial charge in [0, 0.05) is 24.8 Å². The molecule has 0 aliphatic heterocycles. The van der Waals surface area contributed by atoms with E-state index in [1.54, 1.807) is 0 Å². The molecule has 0 unspecified atom stereocenters. The first kappa shape index (κ1) is 15.0. The second-order valence-electron chi connectivity index (χ2n) is 4.65. The summed E-state index contributed by atoms with van der Waals surface area (Å²) in [6.45, 7) is 7.19. The molecular weight excluding hydrogens is 222 g/mol. The van der Waals surface area contributed by atoms with Gasteiger partial charge >= 0.3 is 0 Å². The Labute approximate surface area is 111 Å². The monoisotopic (exact) mass is 249 g/mol. The Kier molecular flexibility index (Phi) is 6.76. The van der Waals surface area contributed by atoms with E-state index in [0.717, 1.165) is 38.9 Å². The van der Waals surface area contributed by atoms with E-state index in [1.165, 1.54) is 11.3 Å². The molecule has 18 heavy (non-hydrogen) atoms. The average molecular weight is 249 g/mol. The molecule has 1 aromatic rings. The van der Waals surface area contributed by atoms with Crippen LogP contribution in [0, 0.1) is 0 Å². The summed E-state index contributed by atoms with van der Waals surface area (Å²) in [7, 11) is 0. The Morgan fingerprint density at radius 2 is 1.67 bits per heavy atom. The number of nitrogens with zero attached hydrogens (tertiary/aromatic N) is 1. The van der Waals surface area contributed by atoms with E-state index in [-0.39, 0.29) is 6.04 Å². The van der Waals surface area contributed by atoms with Crippen molar-refractivity contribution in [1.29, 1.82) is 0 Å². The molecule has 3 heteroatoms. The van der Waals surface area contributed by atoms with Crippen LogP contribution in [-0.2, 0) is 0 Å². The number of anilines is 1. The molecule has 0 fully saturated rings. The third-order valence-electron chi connectivity index (χ3n) is 3.42. The molecule has 0 radical (unpaired) electrons. The van der Waals surface area contributed by atoms with Crippen LogP contribution in [0.2, 0.25) is 0 Å². The van der Waals surface area contributed by atoms with E-state index in [1.807, 2.05) is 0 Å². The number of nitrogens with two attached hydrogens (primary N) is 2. The zero-order valence-corrected chi connectivity index (χ0v) is 11.7. The number of rotatable bonds is 8. The third-order valence-corrected chi connectivity index (χ3v) is 3.42. The lowest BCUT2D eigenvalue weighted by molar-refractivity contribution is 0.591. The van der Waals surface area contributed by atoms with Crippen molar-refractivity contribution in [2.24, 2.45) is 11.5 Å². The van der Waals surface area contributed by atoms with E-state index < -0.39 is 0 Å². The zero-order chi connectivity index (χ0) is 13.4. The van der Waals surface area contributed by atoms with Crippen molar-refractivity contribution < 1.29 is 0 Å². The highest BCUT2D eigenvalue weighted by atomic mass is 15.1. The maximum Gasteiger partial charge on any atom is 0.0366 e. The van der Waals surface area contributed by atoms with Gasteiger partial charge in [-0.05, 0) is 50.9 Å². The molecular formula is C15H27N3. The van der Waals surface area contributed by atoms with Crippen LogP contribution < -0.4 is 16.4 Å². The SMILES string of the molecule is CCN(CC)c1ccc([C@@H](N)CCCCN)cc1. The molecule has 1 aromatic carbocycles. The van der Waals surface area contributed by atoms with Gasteiger partial charge in [-0.1, -0.05) is 18.6 Å². The van der Waals surface area contributed by atoms with Crippen molar-refractivity contribution in [2.45, 2.75) is 39.2 Å². The minimum atomic E-state index is 0.141. The second-order valence-corrected chi connectivity index (χ2v) is 4.65. The van der Waals surface area contributed by atoms with Crippen molar-refractivity contribution in [1.82, 2.24) is 0 Å². The Hall–Kier alpha value is -1.06. The number of benzene rings is 1. The lowest BCUT2D eigenvalue weighted by atomic mass is 10.0. The standard InChI is InChI=1S/C15H27N3/c1-3-18(4-2)14-10-8-13(9-11-14)15(17)7-5-6-12-16/h8-11,15H,3-7,12,16-17H2,1-2H3/t15-/m0/s1. The molecule has 4 N–H and O–H groups in total. The maximum atomic E-state index is 6.17. The Morgan fingerprint density at radius 3 is 2.17 bits per heavy atom. The highest BCUT2D eigenvalue weighted by molar-refractivity contribution is 5.47. The first-order valence-electron chi connectivity index (χ1n) is 7.03. The minimum Gasteiger partial charge on any atom is -0.372 e. The molecule has 1 atom stereocenters. The van der Waals surface area contributed by atoms with Crippen LogP contribution in [0.15, 0.2) is 24.3 Å². The highest BCUT2D eigenvalue weighted by Gasteiger charge is 2.07. The Morgan fingerprint density at radius 1 is 1.06 bits per heavy atom. The quantitative estimate of drug-likeness (QED) is 0.696. The van der Waals surface area contributed by atoms with Crippen molar-refractivity contribution in [3.8, 4) is 0 Å². The fraction of sp³-hybridized carbons (Fsp3) is 0.600. The van der Waals surface area contributed by atoms with Crippen LogP contribution >= 0.6 is 0 Å². The van der Waals surface area contributed by atoms with Crippen molar-refractivity contribution in [3.05, 3.63) is 29.8 Å². The van der Waals surface area contributed by atoms with Crippen molar-refractivity contribution >= 4 is 5.69 Å². The molecule has 102 valence electrons. The molecule has 0 aliphatic carbocycles. The van der Waals surface area contributed by atoms with E-state index in [0.29, 0.717) is 0 Å². The van der Waals surface area contributed by atoms with Gasteiger partial charge < -0.3 is 16.4 Å². The smallest absolute Gasteiger partial charge is 0.0366 e. The summed E-state index contributed by atoms with van der Waals surface area (Å²) in [5.41, 5.74) is 14.2. The summed E-state index contributed by atoms with van der Waals surface area (Å²) in [6, 6.07) is 8.79. The van der Waals surface area contributed by atoms with Gasteiger partial charge in [0.2, 0.25) is 0 Å². The maximum absolute atomic E-state index is 6.17. The van der Waals surface area contributed by atoms with Crippen LogP contribution in [0.3, 0.4) is 0 Å². The first-order chi connectivity index (χ1) is 8.72. The van der Waals surface area contributed by atoms with Crippen LogP contribution in [-0.4, -0.2) is 19.6 Å². The Balaban J connectivity index is 2.58. The third kappa shape index (κ3) is 4.31. The van der Waals surface area contributed by atoms with Crippen LogP contribution in [0.25, 0.3) is 0 Å². The van der Waals surface area contributed by atoms with Crippen LogP contribution in [0.5, 0.6) is 0 Å². The van der Waals surface area contributed by atoms with Gasteiger partial charge in [0.05, 0.1) is 0 Å². The normalized spacial score (nSPS) is 12.4. The summed E-state index contributed by atoms with van der Waals surface area (Å²) < 4.78 is 0. The topological polar surface area (TPSA) is 55.3 Å². The van der Waals surface area contributed by atoms with Gasteiger partial charge in [-0.3, -0.25) is 0 Å². The van der Waals surface area contributed by atoms with Gasteiger partial charge in [-0.25, -0.2) is 0 Å². The van der Waals surface area contributed by atoms with Crippen molar-refractivity contribution in [2.75, 3.05) is 24.5 Å². The van der Waals surface area contributed by atoms with E-state index in [2.05, 4.69) is 43.0 Å². The molecule has 0 saturated heterocycles. The van der Waals surface area contributed by atoms with Crippen molar-refractivity contribution in [3.63, 3.8) is 0 Å². The number of hydrogen-bond donors (Lipinski definition) is 2. The van der Waals surface area contributed by atoms with E-state index >= 15 is 0 Å². The van der Waals surface area contributed by atoms with E-state index in [4.69, 9.17) is 11.5 Å². The molecule has 3 nitrogen and oxygen atoms in total. The summed E-state index contributed by atoms with van der Waals surface area (Å²) in [6.07, 6.45) is 3.18. The molecule has 0 aromatic heterocycles. The largest absolute Gasteiger partial charge is 0.372 e. The van der Waals surface area contributed by atoms with Gasteiger partial charge in [-0.2, -0.15) is 0 Å². The summed E-state index contributed by atoms with van der Waals surface area (Å²) >= 11 is 0. The molecule has 0 saturated carbocycles. The predicted octanol–water partition coefficient (Wildman–Crippen LogP) is 2.66. The van der Waals surface area contributed by atoms with Gasteiger partial charge in [0.15, 0.2) is 0 Å².